The Labute approximate surface area is 98.1 Å². The van der Waals surface area contributed by atoms with Crippen LogP contribution in [0.1, 0.15) is 5.69 Å². The fourth-order valence-corrected chi connectivity index (χ4v) is 1.74. The van der Waals surface area contributed by atoms with Crippen LogP contribution in [0.2, 0.25) is 0 Å². The van der Waals surface area contributed by atoms with Crippen molar-refractivity contribution in [2.24, 2.45) is 0 Å². The maximum atomic E-state index is 5.83. The van der Waals surface area contributed by atoms with Crippen molar-refractivity contribution in [2.45, 2.75) is 6.92 Å². The summed E-state index contributed by atoms with van der Waals surface area (Å²) in [6.07, 6.45) is 0. The zero-order valence-electron chi connectivity index (χ0n) is 9.34. The molecule has 2 N–H and O–H groups in total. The molecule has 3 rings (SSSR count). The lowest BCUT2D eigenvalue weighted by atomic mass is 10.3. The molecule has 84 valence electrons. The Bertz CT molecular complexity index is 688. The van der Waals surface area contributed by atoms with Crippen molar-refractivity contribution in [3.8, 4) is 11.6 Å². The maximum Gasteiger partial charge on any atom is 0.246 e. The van der Waals surface area contributed by atoms with Gasteiger partial charge in [-0.05, 0) is 31.2 Å². The van der Waals surface area contributed by atoms with E-state index in [0.29, 0.717) is 22.7 Å². The normalized spacial score (nSPS) is 10.9. The molecule has 0 saturated heterocycles. The summed E-state index contributed by atoms with van der Waals surface area (Å²) in [5.74, 6) is 0.501. The summed E-state index contributed by atoms with van der Waals surface area (Å²) in [7, 11) is 0. The minimum atomic E-state index is 0.501. The van der Waals surface area contributed by atoms with E-state index >= 15 is 0 Å². The van der Waals surface area contributed by atoms with Crippen LogP contribution < -0.4 is 5.73 Å². The standard InChI is InChI=1S/C13H11N3O/c1-8-4-2-6-10(15-8)13-16-12-9(14)5-3-7-11(12)17-13/h2-7H,14H2,1H3. The second-order valence-corrected chi connectivity index (χ2v) is 3.88. The van der Waals surface area contributed by atoms with Crippen LogP contribution in [-0.4, -0.2) is 9.97 Å². The number of fused-ring (bicyclic) bond motifs is 1. The van der Waals surface area contributed by atoms with Crippen LogP contribution in [0.4, 0.5) is 5.69 Å². The molecule has 0 atom stereocenters. The number of oxazole rings is 1. The van der Waals surface area contributed by atoms with Crippen LogP contribution in [-0.2, 0) is 0 Å². The molecule has 0 unspecified atom stereocenters. The molecule has 2 heterocycles. The maximum absolute atomic E-state index is 5.83. The first-order chi connectivity index (χ1) is 8.24. The van der Waals surface area contributed by atoms with Gasteiger partial charge in [0.05, 0.1) is 5.69 Å². The highest BCUT2D eigenvalue weighted by molar-refractivity contribution is 5.86. The lowest BCUT2D eigenvalue weighted by Crippen LogP contribution is -1.87. The summed E-state index contributed by atoms with van der Waals surface area (Å²) < 4.78 is 5.64. The van der Waals surface area contributed by atoms with Gasteiger partial charge in [-0.25, -0.2) is 9.97 Å². The van der Waals surface area contributed by atoms with Crippen molar-refractivity contribution in [2.75, 3.05) is 5.73 Å². The monoisotopic (exact) mass is 225 g/mol. The van der Waals surface area contributed by atoms with Gasteiger partial charge in [0.15, 0.2) is 5.58 Å². The van der Waals surface area contributed by atoms with E-state index in [1.54, 1.807) is 6.07 Å². The Morgan fingerprint density at radius 2 is 1.88 bits per heavy atom. The highest BCUT2D eigenvalue weighted by Gasteiger charge is 2.10. The van der Waals surface area contributed by atoms with Crippen LogP contribution in [0.15, 0.2) is 40.8 Å². The molecule has 0 radical (unpaired) electrons. The van der Waals surface area contributed by atoms with E-state index in [4.69, 9.17) is 10.2 Å². The first-order valence-electron chi connectivity index (χ1n) is 5.33. The summed E-state index contributed by atoms with van der Waals surface area (Å²) in [5.41, 5.74) is 9.47. The Kier molecular flexibility index (Phi) is 2.08. The fraction of sp³-hybridized carbons (Fsp3) is 0.0769. The molecule has 0 spiro atoms. The average molecular weight is 225 g/mol. The summed E-state index contributed by atoms with van der Waals surface area (Å²) in [6, 6.07) is 11.2. The van der Waals surface area contributed by atoms with E-state index in [2.05, 4.69) is 9.97 Å². The molecule has 2 aromatic heterocycles. The second kappa shape index (κ2) is 3.59. The van der Waals surface area contributed by atoms with Gasteiger partial charge in [0.25, 0.3) is 0 Å². The van der Waals surface area contributed by atoms with Gasteiger partial charge >= 0.3 is 0 Å². The van der Waals surface area contributed by atoms with Gasteiger partial charge in [-0.15, -0.1) is 0 Å². The zero-order chi connectivity index (χ0) is 11.8. The van der Waals surface area contributed by atoms with E-state index in [-0.39, 0.29) is 0 Å². The van der Waals surface area contributed by atoms with Gasteiger partial charge < -0.3 is 10.2 Å². The van der Waals surface area contributed by atoms with Crippen molar-refractivity contribution in [3.63, 3.8) is 0 Å². The number of aromatic nitrogens is 2. The first-order valence-corrected chi connectivity index (χ1v) is 5.33. The quantitative estimate of drug-likeness (QED) is 0.647. The molecule has 0 bridgehead atoms. The molecule has 3 aromatic rings. The smallest absolute Gasteiger partial charge is 0.246 e. The summed E-state index contributed by atoms with van der Waals surface area (Å²) in [4.78, 5) is 8.74. The third-order valence-electron chi connectivity index (χ3n) is 2.56. The largest absolute Gasteiger partial charge is 0.435 e. The highest BCUT2D eigenvalue weighted by atomic mass is 16.3. The van der Waals surface area contributed by atoms with Crippen LogP contribution in [0, 0.1) is 6.92 Å². The summed E-state index contributed by atoms with van der Waals surface area (Å²) in [6.45, 7) is 1.93. The Morgan fingerprint density at radius 3 is 2.65 bits per heavy atom. The number of rotatable bonds is 1. The molecule has 1 aromatic carbocycles. The van der Waals surface area contributed by atoms with Crippen molar-refractivity contribution < 1.29 is 4.42 Å². The van der Waals surface area contributed by atoms with Gasteiger partial charge in [0.2, 0.25) is 5.89 Å². The van der Waals surface area contributed by atoms with Gasteiger partial charge in [-0.1, -0.05) is 12.1 Å². The van der Waals surface area contributed by atoms with Crippen LogP contribution >= 0.6 is 0 Å². The number of para-hydroxylation sites is 1. The lowest BCUT2D eigenvalue weighted by molar-refractivity contribution is 0.616. The van der Waals surface area contributed by atoms with Gasteiger partial charge in [-0.3, -0.25) is 0 Å². The lowest BCUT2D eigenvalue weighted by Gasteiger charge is -1.95. The molecule has 4 heteroatoms. The highest BCUT2D eigenvalue weighted by Crippen LogP contribution is 2.26. The SMILES string of the molecule is Cc1cccc(-c2nc3c(N)cccc3o2)n1. The number of nitrogen functional groups attached to an aromatic ring is 1. The number of aryl methyl sites for hydroxylation is 1. The topological polar surface area (TPSA) is 64.9 Å². The average Bonchev–Trinajstić information content (AvgIpc) is 2.74. The Balaban J connectivity index is 2.22. The fourth-order valence-electron chi connectivity index (χ4n) is 1.74. The molecule has 17 heavy (non-hydrogen) atoms. The first kappa shape index (κ1) is 9.84. The minimum Gasteiger partial charge on any atom is -0.435 e. The van der Waals surface area contributed by atoms with Gasteiger partial charge in [0.1, 0.15) is 11.2 Å². The number of anilines is 1. The van der Waals surface area contributed by atoms with Gasteiger partial charge in [0, 0.05) is 5.69 Å². The predicted octanol–water partition coefficient (Wildman–Crippen LogP) is 2.78. The molecule has 0 saturated carbocycles. The van der Waals surface area contributed by atoms with E-state index in [0.717, 1.165) is 11.4 Å². The van der Waals surface area contributed by atoms with Crippen molar-refractivity contribution in [1.29, 1.82) is 0 Å². The molecule has 4 nitrogen and oxygen atoms in total. The van der Waals surface area contributed by atoms with Crippen LogP contribution in [0.3, 0.4) is 0 Å². The van der Waals surface area contributed by atoms with Gasteiger partial charge in [-0.2, -0.15) is 0 Å². The van der Waals surface area contributed by atoms with Crippen LogP contribution in [0.5, 0.6) is 0 Å². The predicted molar refractivity (Wildman–Crippen MR) is 66.4 cm³/mol. The molecule has 0 aliphatic heterocycles. The Hall–Kier alpha value is -2.36. The number of nitrogens with two attached hydrogens (primary N) is 1. The molecule has 0 aliphatic carbocycles. The molecular formula is C13H11N3O. The summed E-state index contributed by atoms with van der Waals surface area (Å²) >= 11 is 0. The molecular weight excluding hydrogens is 214 g/mol. The third kappa shape index (κ3) is 1.63. The third-order valence-corrected chi connectivity index (χ3v) is 2.56. The Morgan fingerprint density at radius 1 is 1.06 bits per heavy atom. The van der Waals surface area contributed by atoms with Crippen molar-refractivity contribution in [3.05, 3.63) is 42.1 Å². The van der Waals surface area contributed by atoms with E-state index in [1.165, 1.54) is 0 Å². The van der Waals surface area contributed by atoms with E-state index in [1.807, 2.05) is 37.3 Å². The molecule has 0 aliphatic rings. The number of hydrogen-bond acceptors (Lipinski definition) is 4. The van der Waals surface area contributed by atoms with Crippen molar-refractivity contribution in [1.82, 2.24) is 9.97 Å². The minimum absolute atomic E-state index is 0.501. The van der Waals surface area contributed by atoms with E-state index < -0.39 is 0 Å². The molecule has 0 amide bonds. The second-order valence-electron chi connectivity index (χ2n) is 3.88. The molecule has 0 fully saturated rings. The number of hydrogen-bond donors (Lipinski definition) is 1. The number of pyridine rings is 1. The van der Waals surface area contributed by atoms with Crippen molar-refractivity contribution >= 4 is 16.8 Å². The van der Waals surface area contributed by atoms with E-state index in [9.17, 15) is 0 Å². The number of nitrogens with zero attached hydrogens (tertiary/aromatic N) is 2. The van der Waals surface area contributed by atoms with Crippen LogP contribution in [0.25, 0.3) is 22.7 Å². The zero-order valence-corrected chi connectivity index (χ0v) is 9.34. The summed E-state index contributed by atoms with van der Waals surface area (Å²) in [5, 5.41) is 0. The number of benzene rings is 1.